The maximum atomic E-state index is 12.0. The topological polar surface area (TPSA) is 115 Å². The zero-order chi connectivity index (χ0) is 20.4. The summed E-state index contributed by atoms with van der Waals surface area (Å²) in [6, 6.07) is 10.1. The Hall–Kier alpha value is -3.07. The minimum atomic E-state index is -3.10. The van der Waals surface area contributed by atoms with Gasteiger partial charge in [-0.1, -0.05) is 6.07 Å². The van der Waals surface area contributed by atoms with Gasteiger partial charge in [0.1, 0.15) is 18.1 Å². The highest BCUT2D eigenvalue weighted by Crippen LogP contribution is 2.17. The lowest BCUT2D eigenvalue weighted by atomic mass is 10.3. The minimum absolute atomic E-state index is 0.0355. The van der Waals surface area contributed by atoms with Crippen molar-refractivity contribution in [3.8, 4) is 5.75 Å². The van der Waals surface area contributed by atoms with Crippen LogP contribution in [0.5, 0.6) is 5.75 Å². The normalized spacial score (nSPS) is 11.3. The number of hydrogen-bond donors (Lipinski definition) is 2. The minimum Gasteiger partial charge on any atom is -0.492 e. The first-order valence-electron chi connectivity index (χ1n) is 8.52. The standard InChI is InChI=1S/C19H22N2O6S/c1-28(24,25)13-12-27-17-5-2-4-15(14-17)21-19(23)9-10-20-18(22)8-7-16-6-3-11-26-16/h2-8,11,14H,9-10,12-13H2,1H3,(H,20,22)(H,21,23)/b8-7+. The molecule has 0 unspecified atom stereocenters. The lowest BCUT2D eigenvalue weighted by molar-refractivity contribution is -0.117. The Labute approximate surface area is 163 Å². The van der Waals surface area contributed by atoms with Crippen molar-refractivity contribution >= 4 is 33.4 Å². The molecule has 0 aliphatic heterocycles. The van der Waals surface area contributed by atoms with E-state index in [2.05, 4.69) is 10.6 Å². The second-order valence-corrected chi connectivity index (χ2v) is 8.20. The molecular formula is C19H22N2O6S. The van der Waals surface area contributed by atoms with Gasteiger partial charge in [0, 0.05) is 37.1 Å². The van der Waals surface area contributed by atoms with Crippen LogP contribution in [0.3, 0.4) is 0 Å². The number of furan rings is 1. The fourth-order valence-electron chi connectivity index (χ4n) is 2.10. The first-order valence-corrected chi connectivity index (χ1v) is 10.6. The predicted octanol–water partition coefficient (Wildman–Crippen LogP) is 1.86. The van der Waals surface area contributed by atoms with Gasteiger partial charge in [-0.25, -0.2) is 8.42 Å². The highest BCUT2D eigenvalue weighted by Gasteiger charge is 2.06. The van der Waals surface area contributed by atoms with Crippen LogP contribution in [0.15, 0.2) is 53.2 Å². The maximum absolute atomic E-state index is 12.0. The molecule has 0 atom stereocenters. The van der Waals surface area contributed by atoms with E-state index in [1.54, 1.807) is 36.4 Å². The van der Waals surface area contributed by atoms with Gasteiger partial charge < -0.3 is 19.8 Å². The Morgan fingerprint density at radius 2 is 2.04 bits per heavy atom. The van der Waals surface area contributed by atoms with Crippen molar-refractivity contribution in [1.29, 1.82) is 0 Å². The Morgan fingerprint density at radius 3 is 2.75 bits per heavy atom. The Kier molecular flexibility index (Phi) is 7.82. The zero-order valence-corrected chi connectivity index (χ0v) is 16.2. The van der Waals surface area contributed by atoms with Gasteiger partial charge in [0.2, 0.25) is 11.8 Å². The van der Waals surface area contributed by atoms with Gasteiger partial charge in [-0.15, -0.1) is 0 Å². The fraction of sp³-hybridized carbons (Fsp3) is 0.263. The number of nitrogens with one attached hydrogen (secondary N) is 2. The van der Waals surface area contributed by atoms with Crippen molar-refractivity contribution < 1.29 is 27.2 Å². The molecule has 0 saturated heterocycles. The van der Waals surface area contributed by atoms with Gasteiger partial charge in [-0.2, -0.15) is 0 Å². The molecule has 0 spiro atoms. The van der Waals surface area contributed by atoms with E-state index < -0.39 is 9.84 Å². The van der Waals surface area contributed by atoms with E-state index in [9.17, 15) is 18.0 Å². The van der Waals surface area contributed by atoms with Crippen LogP contribution < -0.4 is 15.4 Å². The van der Waals surface area contributed by atoms with E-state index in [4.69, 9.17) is 9.15 Å². The molecule has 2 amide bonds. The number of rotatable bonds is 10. The lowest BCUT2D eigenvalue weighted by Crippen LogP contribution is -2.26. The molecule has 0 radical (unpaired) electrons. The van der Waals surface area contributed by atoms with E-state index in [1.165, 1.54) is 18.4 Å². The molecule has 150 valence electrons. The fourth-order valence-corrected chi connectivity index (χ4v) is 2.49. The first kappa shape index (κ1) is 21.2. The average molecular weight is 406 g/mol. The molecule has 1 heterocycles. The van der Waals surface area contributed by atoms with Crippen molar-refractivity contribution in [2.24, 2.45) is 0 Å². The second kappa shape index (κ2) is 10.3. The van der Waals surface area contributed by atoms with Crippen LogP contribution in [0.25, 0.3) is 6.08 Å². The van der Waals surface area contributed by atoms with Crippen molar-refractivity contribution in [2.45, 2.75) is 6.42 Å². The molecule has 28 heavy (non-hydrogen) atoms. The average Bonchev–Trinajstić information content (AvgIpc) is 3.13. The summed E-state index contributed by atoms with van der Waals surface area (Å²) in [7, 11) is -3.10. The molecule has 0 aliphatic carbocycles. The van der Waals surface area contributed by atoms with Crippen LogP contribution in [0.1, 0.15) is 12.2 Å². The van der Waals surface area contributed by atoms with Crippen LogP contribution in [-0.4, -0.2) is 45.4 Å². The number of ether oxygens (including phenoxy) is 1. The number of carbonyl (C=O) groups excluding carboxylic acids is 2. The van der Waals surface area contributed by atoms with Crippen molar-refractivity contribution in [1.82, 2.24) is 5.32 Å². The van der Waals surface area contributed by atoms with E-state index in [0.29, 0.717) is 17.2 Å². The van der Waals surface area contributed by atoms with Gasteiger partial charge in [0.25, 0.3) is 0 Å². The van der Waals surface area contributed by atoms with Crippen molar-refractivity contribution in [3.63, 3.8) is 0 Å². The molecule has 8 nitrogen and oxygen atoms in total. The number of anilines is 1. The third-order valence-corrected chi connectivity index (χ3v) is 4.34. The molecular weight excluding hydrogens is 384 g/mol. The molecule has 2 rings (SSSR count). The molecule has 9 heteroatoms. The molecule has 0 fully saturated rings. The predicted molar refractivity (Wildman–Crippen MR) is 106 cm³/mol. The van der Waals surface area contributed by atoms with Crippen LogP contribution in [0, 0.1) is 0 Å². The van der Waals surface area contributed by atoms with Crippen LogP contribution in [0.4, 0.5) is 5.69 Å². The Balaban J connectivity index is 1.72. The SMILES string of the molecule is CS(=O)(=O)CCOc1cccc(NC(=O)CCNC(=O)/C=C/c2ccco2)c1. The second-order valence-electron chi connectivity index (χ2n) is 5.94. The summed E-state index contributed by atoms with van der Waals surface area (Å²) in [5, 5.41) is 5.30. The van der Waals surface area contributed by atoms with Gasteiger partial charge in [0.05, 0.1) is 12.0 Å². The van der Waals surface area contributed by atoms with E-state index in [-0.39, 0.29) is 37.1 Å². The summed E-state index contributed by atoms with van der Waals surface area (Å²) in [6.45, 7) is 0.214. The monoisotopic (exact) mass is 406 g/mol. The van der Waals surface area contributed by atoms with Gasteiger partial charge >= 0.3 is 0 Å². The van der Waals surface area contributed by atoms with E-state index in [0.717, 1.165) is 6.26 Å². The van der Waals surface area contributed by atoms with Gasteiger partial charge in [-0.3, -0.25) is 9.59 Å². The maximum Gasteiger partial charge on any atom is 0.244 e. The third kappa shape index (κ3) is 8.54. The third-order valence-electron chi connectivity index (χ3n) is 3.43. The summed E-state index contributed by atoms with van der Waals surface area (Å²) >= 11 is 0. The largest absolute Gasteiger partial charge is 0.492 e. The summed E-state index contributed by atoms with van der Waals surface area (Å²) in [5.74, 6) is 0.330. The summed E-state index contributed by atoms with van der Waals surface area (Å²) < 4.78 is 32.7. The van der Waals surface area contributed by atoms with E-state index in [1.807, 2.05) is 0 Å². The Bertz CT molecular complexity index is 920. The van der Waals surface area contributed by atoms with Gasteiger partial charge in [0.15, 0.2) is 9.84 Å². The first-order chi connectivity index (χ1) is 13.3. The molecule has 0 saturated carbocycles. The number of benzene rings is 1. The lowest BCUT2D eigenvalue weighted by Gasteiger charge is -2.09. The number of amides is 2. The van der Waals surface area contributed by atoms with Crippen molar-refractivity contribution in [2.75, 3.05) is 30.5 Å². The molecule has 2 N–H and O–H groups in total. The molecule has 2 aromatic rings. The number of carbonyl (C=O) groups is 2. The van der Waals surface area contributed by atoms with Gasteiger partial charge in [-0.05, 0) is 30.3 Å². The summed E-state index contributed by atoms with van der Waals surface area (Å²) in [6.07, 6.45) is 5.60. The number of hydrogen-bond acceptors (Lipinski definition) is 6. The van der Waals surface area contributed by atoms with Crippen LogP contribution >= 0.6 is 0 Å². The molecule has 1 aromatic heterocycles. The van der Waals surface area contributed by atoms with E-state index >= 15 is 0 Å². The quantitative estimate of drug-likeness (QED) is 0.582. The summed E-state index contributed by atoms with van der Waals surface area (Å²) in [5.41, 5.74) is 0.519. The molecule has 0 bridgehead atoms. The van der Waals surface area contributed by atoms with Crippen molar-refractivity contribution in [3.05, 3.63) is 54.5 Å². The Morgan fingerprint density at radius 1 is 1.21 bits per heavy atom. The van der Waals surface area contributed by atoms with Crippen LogP contribution in [0.2, 0.25) is 0 Å². The van der Waals surface area contributed by atoms with Crippen LogP contribution in [-0.2, 0) is 19.4 Å². The number of sulfone groups is 1. The molecule has 1 aromatic carbocycles. The highest BCUT2D eigenvalue weighted by molar-refractivity contribution is 7.90. The summed E-state index contributed by atoms with van der Waals surface area (Å²) in [4.78, 5) is 23.6. The smallest absolute Gasteiger partial charge is 0.244 e. The zero-order valence-electron chi connectivity index (χ0n) is 15.4. The molecule has 0 aliphatic rings. The highest BCUT2D eigenvalue weighted by atomic mass is 32.2.